The fourth-order valence-electron chi connectivity index (χ4n) is 6.94. The van der Waals surface area contributed by atoms with Crippen LogP contribution in [0.3, 0.4) is 0 Å². The number of ether oxygens (including phenoxy) is 18. The molecule has 0 N–H and O–H groups in total. The average Bonchev–Trinajstić information content (AvgIpc) is 3.69. The molecule has 0 rings (SSSR count). The summed E-state index contributed by atoms with van der Waals surface area (Å²) in [6, 6.07) is 0. The normalized spacial score (nSPS) is 10.6. The molecular weight excluding hydrogens is 1240 g/mol. The summed E-state index contributed by atoms with van der Waals surface area (Å²) in [6.45, 7) is 32.5. The van der Waals surface area contributed by atoms with E-state index in [0.717, 1.165) is 51.4 Å². The molecule has 0 heterocycles. The van der Waals surface area contributed by atoms with E-state index in [9.17, 15) is 0 Å². The third kappa shape index (κ3) is 85.1. The fourth-order valence-corrected chi connectivity index (χ4v) is 6.94. The maximum atomic E-state index is 6.91. The molecule has 0 fully saturated rings. The van der Waals surface area contributed by atoms with Crippen LogP contribution in [0.15, 0.2) is 0 Å². The Morgan fingerprint density at radius 2 is 0.236 bits per heavy atom. The van der Waals surface area contributed by atoms with Crippen LogP contribution in [-0.2, 0) is 85.3 Å². The van der Waals surface area contributed by atoms with Crippen molar-refractivity contribution in [2.24, 2.45) is 16.2 Å². The Kier molecular flexibility index (Phi) is 138. The van der Waals surface area contributed by atoms with Crippen LogP contribution in [0.1, 0.15) is 151 Å². The predicted molar refractivity (Wildman–Crippen MR) is 399 cm³/mol. The van der Waals surface area contributed by atoms with Gasteiger partial charge in [-0.3, -0.25) is 0 Å². The first-order valence-electron chi connectivity index (χ1n) is 30.5. The second-order valence-corrected chi connectivity index (χ2v) is 18.8. The van der Waals surface area contributed by atoms with Crippen LogP contribution < -0.4 is 0 Å². The first-order chi connectivity index (χ1) is 40.9. The lowest BCUT2D eigenvalue weighted by Crippen LogP contribution is -2.48. The van der Waals surface area contributed by atoms with Crippen molar-refractivity contribution in [1.29, 1.82) is 0 Å². The lowest BCUT2D eigenvalue weighted by Gasteiger charge is -2.38. The summed E-state index contributed by atoms with van der Waals surface area (Å²) in [5, 5.41) is 0. The summed E-state index contributed by atoms with van der Waals surface area (Å²) in [6.07, 6.45) is 15.9. The minimum Gasteiger partial charge on any atom is -0.380 e. The van der Waals surface area contributed by atoms with E-state index in [0.29, 0.717) is 198 Å². The summed E-state index contributed by atoms with van der Waals surface area (Å²) in [7, 11) is 0. The Bertz CT molecular complexity index is 935. The molecule has 0 amide bonds. The van der Waals surface area contributed by atoms with Crippen LogP contribution in [0.4, 0.5) is 0 Å². The van der Waals surface area contributed by atoms with Gasteiger partial charge in [-0.05, 0) is 82.6 Å². The Labute approximate surface area is 581 Å². The van der Waals surface area contributed by atoms with Crippen LogP contribution in [0, 0.1) is 16.2 Å². The molecule has 0 bridgehead atoms. The number of hydrogen-bond acceptors (Lipinski definition) is 23. The Hall–Kier alpha value is 1.03. The van der Waals surface area contributed by atoms with Gasteiger partial charge >= 0.3 is 0 Å². The molecule has 0 spiro atoms. The molecule has 558 valence electrons. The molecule has 0 aromatic rings. The third-order valence-electron chi connectivity index (χ3n) is 10.7. The molecule has 0 aliphatic rings. The van der Waals surface area contributed by atoms with Crippen molar-refractivity contribution in [2.75, 3.05) is 269 Å². The maximum Gasteiger partial charge on any atom is 0.0700 e. The molecule has 89 heavy (non-hydrogen) atoms. The van der Waals surface area contributed by atoms with Gasteiger partial charge in [0, 0.05) is 52.9 Å². The molecule has 0 unspecified atom stereocenters. The highest BCUT2D eigenvalue weighted by Crippen LogP contribution is 2.28. The molecule has 18 nitrogen and oxygen atoms in total. The molecule has 0 aromatic carbocycles. The van der Waals surface area contributed by atoms with E-state index in [1.54, 1.807) is 31.3 Å². The van der Waals surface area contributed by atoms with Crippen molar-refractivity contribution in [1.82, 2.24) is 0 Å². The van der Waals surface area contributed by atoms with E-state index in [-0.39, 0.29) is 84.2 Å². The fraction of sp³-hybridized carbons (Fsp3) is 1.00. The molecule has 0 aliphatic carbocycles. The Morgan fingerprint density at radius 1 is 0.146 bits per heavy atom. The van der Waals surface area contributed by atoms with Gasteiger partial charge in [0.15, 0.2) is 0 Å². The van der Waals surface area contributed by atoms with Gasteiger partial charge in [-0.15, -0.1) is 0 Å². The Balaban J connectivity index is -0.000000351. The van der Waals surface area contributed by atoms with Gasteiger partial charge in [-0.1, -0.05) is 99.9 Å². The minimum absolute atomic E-state index is 0. The van der Waals surface area contributed by atoms with Crippen LogP contribution in [0.5, 0.6) is 0 Å². The highest BCUT2D eigenvalue weighted by Gasteiger charge is 2.39. The zero-order valence-electron chi connectivity index (χ0n) is 55.2. The summed E-state index contributed by atoms with van der Waals surface area (Å²) >= 11 is 17.6. The van der Waals surface area contributed by atoms with Crippen LogP contribution in [0.25, 0.3) is 0 Å². The Morgan fingerprint density at radius 3 is 0.337 bits per heavy atom. The van der Waals surface area contributed by atoms with E-state index >= 15 is 0 Å². The summed E-state index contributed by atoms with van der Waals surface area (Å²) < 4.78 is 111. The average molecular weight is 1400 g/mol. The maximum absolute atomic E-state index is 6.91. The smallest absolute Gasteiger partial charge is 0.0700 e. The molecule has 23 heteroatoms. The SMILES string of the molecule is C.C.C.C.C.C.CCCOCCOCC(COCCOCCC)(COCCOCCC)COCC(COCCOCCC)(COCCOCCC)COCC(COCCOCCC)(COCCOCCC)COCCOCCC.CS.CS.CS.CS.CS. The van der Waals surface area contributed by atoms with E-state index in [1.165, 1.54) is 0 Å². The topological polar surface area (TPSA) is 166 Å². The van der Waals surface area contributed by atoms with Gasteiger partial charge < -0.3 is 85.3 Å². The zero-order valence-corrected chi connectivity index (χ0v) is 59.7. The first-order valence-corrected chi connectivity index (χ1v) is 35.0. The molecule has 0 aromatic heterocycles. The summed E-state index contributed by atoms with van der Waals surface area (Å²) in [5.74, 6) is 0. The second kappa shape index (κ2) is 105. The first kappa shape index (κ1) is 117. The van der Waals surface area contributed by atoms with Crippen molar-refractivity contribution in [3.05, 3.63) is 0 Å². The van der Waals surface area contributed by atoms with E-state index in [1.807, 2.05) is 0 Å². The van der Waals surface area contributed by atoms with Crippen molar-refractivity contribution in [3.8, 4) is 0 Å². The molecule has 0 saturated heterocycles. The van der Waals surface area contributed by atoms with E-state index in [4.69, 9.17) is 85.3 Å². The van der Waals surface area contributed by atoms with E-state index in [2.05, 4.69) is 119 Å². The highest BCUT2D eigenvalue weighted by atomic mass is 32.1. The van der Waals surface area contributed by atoms with Crippen molar-refractivity contribution < 1.29 is 85.3 Å². The molecule has 0 radical (unpaired) electrons. The standard InChI is InChI=1S/C55H112O18.5CH4S.6CH4/c1-9-17-56-25-33-64-41-53(42-65-34-26-57-18-10-2,43-66-35-27-58-19-11-3)49-72-51-55(47-70-39-31-62-23-15-7,48-71-40-32-63-24-16-8)52-73-50-54(44-67-36-28-59-20-12-4,45-68-37-29-60-21-13-5)46-69-38-30-61-22-14-6;5*1-2;;;;;;/h9-52H2,1-8H3;5*2H,1H3;6*1H4. The molecule has 0 atom stereocenters. The number of rotatable bonds is 64. The zero-order chi connectivity index (χ0) is 63.3. The monoisotopic (exact) mass is 1400 g/mol. The molecule has 0 saturated carbocycles. The molecule has 0 aliphatic heterocycles. The van der Waals surface area contributed by atoms with Crippen molar-refractivity contribution in [2.45, 2.75) is 151 Å². The summed E-state index contributed by atoms with van der Waals surface area (Å²) in [4.78, 5) is 0. The second-order valence-electron chi connectivity index (χ2n) is 18.8. The summed E-state index contributed by atoms with van der Waals surface area (Å²) in [5.41, 5.74) is -2.18. The lowest BCUT2D eigenvalue weighted by atomic mass is 9.89. The number of hydrogen-bond donors (Lipinski definition) is 5. The van der Waals surface area contributed by atoms with Gasteiger partial charge in [0.2, 0.25) is 0 Å². The van der Waals surface area contributed by atoms with Gasteiger partial charge in [0.05, 0.1) is 201 Å². The van der Waals surface area contributed by atoms with Gasteiger partial charge in [-0.2, -0.15) is 63.1 Å². The third-order valence-corrected chi connectivity index (χ3v) is 10.7. The largest absolute Gasteiger partial charge is 0.380 e. The quantitative estimate of drug-likeness (QED) is 0.0288. The van der Waals surface area contributed by atoms with E-state index < -0.39 is 16.2 Å². The number of thiol groups is 5. The van der Waals surface area contributed by atoms with Crippen LogP contribution >= 0.6 is 63.1 Å². The van der Waals surface area contributed by atoms with Crippen LogP contribution in [-0.4, -0.2) is 269 Å². The lowest BCUT2D eigenvalue weighted by molar-refractivity contribution is -0.162. The van der Waals surface area contributed by atoms with Gasteiger partial charge in [-0.25, -0.2) is 0 Å². The predicted octanol–water partition coefficient (Wildman–Crippen LogP) is 14.1. The minimum atomic E-state index is -0.788. The van der Waals surface area contributed by atoms with Gasteiger partial charge in [0.25, 0.3) is 0 Å². The van der Waals surface area contributed by atoms with Gasteiger partial charge in [0.1, 0.15) is 0 Å². The van der Waals surface area contributed by atoms with Crippen LogP contribution in [0.2, 0.25) is 0 Å². The van der Waals surface area contributed by atoms with Crippen molar-refractivity contribution >= 4 is 63.1 Å². The highest BCUT2D eigenvalue weighted by molar-refractivity contribution is 7.80. The molecular formula is C66H156O18S5. The van der Waals surface area contributed by atoms with Crippen molar-refractivity contribution in [3.63, 3.8) is 0 Å².